The fourth-order valence-electron chi connectivity index (χ4n) is 2.92. The number of hydrogen-bond donors (Lipinski definition) is 1. The van der Waals surface area contributed by atoms with Crippen LogP contribution in [-0.4, -0.2) is 35.5 Å². The molecule has 1 aliphatic rings. The fraction of sp³-hybridized carbons (Fsp3) is 0.500. The van der Waals surface area contributed by atoms with Gasteiger partial charge in [0.05, 0.1) is 10.6 Å². The maximum atomic E-state index is 13.9. The summed E-state index contributed by atoms with van der Waals surface area (Å²) < 4.78 is 90.9. The van der Waals surface area contributed by atoms with E-state index < -0.39 is 49.9 Å². The van der Waals surface area contributed by atoms with Gasteiger partial charge in [-0.05, 0) is 18.1 Å². The monoisotopic (exact) mass is 416 g/mol. The number of fused-ring (bicyclic) bond motifs is 1. The number of thiophene rings is 1. The number of halogens is 5. The summed E-state index contributed by atoms with van der Waals surface area (Å²) in [6.45, 7) is 0. The smallest absolute Gasteiger partial charge is 0.382 e. The lowest BCUT2D eigenvalue weighted by molar-refractivity contribution is -0.141. The van der Waals surface area contributed by atoms with Crippen molar-refractivity contribution in [2.75, 3.05) is 6.26 Å². The normalized spacial score (nSPS) is 20.2. The molecule has 0 bridgehead atoms. The first-order chi connectivity index (χ1) is 11.7. The Labute approximate surface area is 149 Å². The SMILES string of the molecule is Cn1nc(C(F)(F)F)cc1-c1sc(S(C)(=O)=O)c2c1CCC(F)(F)[C@H]2O. The Morgan fingerprint density at radius 2 is 2.00 bits per heavy atom. The number of aliphatic hydroxyl groups is 1. The molecular formula is C14H13F5N2O3S2. The lowest BCUT2D eigenvalue weighted by Crippen LogP contribution is -2.32. The molecule has 5 nitrogen and oxygen atoms in total. The van der Waals surface area contributed by atoms with Crippen LogP contribution in [0.1, 0.15) is 29.3 Å². The Hall–Kier alpha value is -1.53. The van der Waals surface area contributed by atoms with Gasteiger partial charge in [0.25, 0.3) is 5.92 Å². The van der Waals surface area contributed by atoms with E-state index >= 15 is 0 Å². The molecule has 0 radical (unpaired) electrons. The van der Waals surface area contributed by atoms with Crippen LogP contribution in [0.2, 0.25) is 0 Å². The first-order valence-electron chi connectivity index (χ1n) is 7.26. The highest BCUT2D eigenvalue weighted by atomic mass is 32.2. The van der Waals surface area contributed by atoms with Crippen LogP contribution in [0.4, 0.5) is 22.0 Å². The molecule has 0 aliphatic heterocycles. The number of aromatic nitrogens is 2. The number of alkyl halides is 5. The first-order valence-corrected chi connectivity index (χ1v) is 9.97. The van der Waals surface area contributed by atoms with Gasteiger partial charge in [0.2, 0.25) is 0 Å². The average Bonchev–Trinajstić information content (AvgIpc) is 3.03. The van der Waals surface area contributed by atoms with Gasteiger partial charge < -0.3 is 5.11 Å². The molecule has 3 rings (SSSR count). The van der Waals surface area contributed by atoms with E-state index in [1.54, 1.807) is 0 Å². The second-order valence-corrected chi connectivity index (χ2v) is 9.31. The van der Waals surface area contributed by atoms with Crippen molar-refractivity contribution in [3.05, 3.63) is 22.9 Å². The highest BCUT2D eigenvalue weighted by molar-refractivity contribution is 7.92. The molecule has 0 aromatic carbocycles. The second kappa shape index (κ2) is 5.73. The van der Waals surface area contributed by atoms with Gasteiger partial charge in [0, 0.05) is 25.3 Å². The summed E-state index contributed by atoms with van der Waals surface area (Å²) in [5.41, 5.74) is -1.55. The van der Waals surface area contributed by atoms with E-state index in [-0.39, 0.29) is 22.6 Å². The molecule has 2 aromatic heterocycles. The third-order valence-corrected chi connectivity index (χ3v) is 7.25. The molecule has 26 heavy (non-hydrogen) atoms. The topological polar surface area (TPSA) is 72.2 Å². The number of aryl methyl sites for hydroxylation is 1. The van der Waals surface area contributed by atoms with Gasteiger partial charge in [-0.15, -0.1) is 11.3 Å². The van der Waals surface area contributed by atoms with Crippen LogP contribution < -0.4 is 0 Å². The minimum absolute atomic E-state index is 0.0501. The predicted molar refractivity (Wildman–Crippen MR) is 82.9 cm³/mol. The van der Waals surface area contributed by atoms with Crippen LogP contribution in [0.25, 0.3) is 10.6 Å². The number of nitrogens with zero attached hydrogens (tertiary/aromatic N) is 2. The van der Waals surface area contributed by atoms with Crippen LogP contribution in [-0.2, 0) is 29.5 Å². The minimum atomic E-state index is -4.71. The van der Waals surface area contributed by atoms with E-state index in [0.29, 0.717) is 11.3 Å². The van der Waals surface area contributed by atoms with Crippen LogP contribution in [0.5, 0.6) is 0 Å². The lowest BCUT2D eigenvalue weighted by Gasteiger charge is -2.28. The molecule has 1 atom stereocenters. The van der Waals surface area contributed by atoms with E-state index in [2.05, 4.69) is 5.10 Å². The van der Waals surface area contributed by atoms with Crippen molar-refractivity contribution in [3.63, 3.8) is 0 Å². The molecular weight excluding hydrogens is 403 g/mol. The van der Waals surface area contributed by atoms with E-state index in [1.807, 2.05) is 0 Å². The highest BCUT2D eigenvalue weighted by Crippen LogP contribution is 2.51. The molecule has 0 amide bonds. The molecule has 0 unspecified atom stereocenters. The zero-order chi connectivity index (χ0) is 19.7. The predicted octanol–water partition coefficient (Wildman–Crippen LogP) is 3.19. The van der Waals surface area contributed by atoms with Crippen LogP contribution in [0.15, 0.2) is 10.3 Å². The van der Waals surface area contributed by atoms with Crippen molar-refractivity contribution < 1.29 is 35.5 Å². The number of hydrogen-bond acceptors (Lipinski definition) is 5. The van der Waals surface area contributed by atoms with Gasteiger partial charge in [-0.3, -0.25) is 4.68 Å². The largest absolute Gasteiger partial charge is 0.435 e. The Morgan fingerprint density at radius 3 is 2.50 bits per heavy atom. The lowest BCUT2D eigenvalue weighted by atomic mass is 9.88. The summed E-state index contributed by atoms with van der Waals surface area (Å²) in [6.07, 6.45) is -7.26. The summed E-state index contributed by atoms with van der Waals surface area (Å²) in [4.78, 5) is 0.0838. The Balaban J connectivity index is 2.28. The third kappa shape index (κ3) is 3.03. The zero-order valence-electron chi connectivity index (χ0n) is 13.4. The first kappa shape index (κ1) is 19.2. The van der Waals surface area contributed by atoms with Crippen molar-refractivity contribution in [3.8, 4) is 10.6 Å². The number of sulfone groups is 1. The molecule has 2 heterocycles. The van der Waals surface area contributed by atoms with E-state index in [1.165, 1.54) is 7.05 Å². The summed E-state index contributed by atoms with van der Waals surface area (Å²) in [6, 6.07) is 0.733. The molecule has 1 N–H and O–H groups in total. The average molecular weight is 416 g/mol. The fourth-order valence-corrected chi connectivity index (χ4v) is 5.57. The van der Waals surface area contributed by atoms with Crippen molar-refractivity contribution in [1.29, 1.82) is 0 Å². The van der Waals surface area contributed by atoms with E-state index in [4.69, 9.17) is 0 Å². The van der Waals surface area contributed by atoms with Crippen LogP contribution in [0, 0.1) is 0 Å². The van der Waals surface area contributed by atoms with Crippen molar-refractivity contribution >= 4 is 21.2 Å². The molecule has 0 saturated heterocycles. The molecule has 2 aromatic rings. The molecule has 144 valence electrons. The maximum Gasteiger partial charge on any atom is 0.435 e. The standard InChI is InChI=1S/C14H13F5N2O3S2/c1-21-7(5-8(20-21)14(17,18)19)10-6-3-4-13(15,16)11(22)9(6)12(25-10)26(2,23)24/h5,11,22H,3-4H2,1-2H3/t11-/m0/s1. The number of aliphatic hydroxyl groups excluding tert-OH is 1. The van der Waals surface area contributed by atoms with Gasteiger partial charge in [-0.2, -0.15) is 18.3 Å². The Morgan fingerprint density at radius 1 is 1.38 bits per heavy atom. The van der Waals surface area contributed by atoms with Crippen molar-refractivity contribution in [2.45, 2.75) is 35.3 Å². The minimum Gasteiger partial charge on any atom is -0.382 e. The summed E-state index contributed by atoms with van der Waals surface area (Å²) in [5.74, 6) is -3.52. The van der Waals surface area contributed by atoms with E-state index in [0.717, 1.165) is 17.0 Å². The molecule has 1 aliphatic carbocycles. The van der Waals surface area contributed by atoms with E-state index in [9.17, 15) is 35.5 Å². The van der Waals surface area contributed by atoms with Gasteiger partial charge in [0.15, 0.2) is 15.5 Å². The quantitative estimate of drug-likeness (QED) is 0.764. The zero-order valence-corrected chi connectivity index (χ0v) is 15.1. The second-order valence-electron chi connectivity index (χ2n) is 6.08. The molecule has 12 heteroatoms. The van der Waals surface area contributed by atoms with Crippen molar-refractivity contribution in [2.24, 2.45) is 7.05 Å². The number of rotatable bonds is 2. The Kier molecular flexibility index (Phi) is 4.24. The van der Waals surface area contributed by atoms with Gasteiger partial charge in [0.1, 0.15) is 10.3 Å². The van der Waals surface area contributed by atoms with Crippen LogP contribution >= 0.6 is 11.3 Å². The van der Waals surface area contributed by atoms with Gasteiger partial charge >= 0.3 is 6.18 Å². The van der Waals surface area contributed by atoms with Crippen LogP contribution in [0.3, 0.4) is 0 Å². The van der Waals surface area contributed by atoms with Crippen molar-refractivity contribution in [1.82, 2.24) is 9.78 Å². The summed E-state index contributed by atoms with van der Waals surface area (Å²) in [7, 11) is -2.73. The maximum absolute atomic E-state index is 13.9. The summed E-state index contributed by atoms with van der Waals surface area (Å²) >= 11 is 0.568. The third-order valence-electron chi connectivity index (χ3n) is 4.14. The summed E-state index contributed by atoms with van der Waals surface area (Å²) in [5, 5.41) is 13.4. The molecule has 0 spiro atoms. The molecule has 0 saturated carbocycles. The van der Waals surface area contributed by atoms with Gasteiger partial charge in [-0.25, -0.2) is 17.2 Å². The molecule has 0 fully saturated rings. The highest BCUT2D eigenvalue weighted by Gasteiger charge is 2.48. The van der Waals surface area contributed by atoms with Gasteiger partial charge in [-0.1, -0.05) is 0 Å². The Bertz CT molecular complexity index is 976.